The van der Waals surface area contributed by atoms with E-state index < -0.39 is 0 Å². The number of hydrogen-bond acceptors (Lipinski definition) is 2. The number of hydrogen-bond donors (Lipinski definition) is 1. The van der Waals surface area contributed by atoms with Crippen molar-refractivity contribution in [3.8, 4) is 0 Å². The quantitative estimate of drug-likeness (QED) is 0.740. The maximum atomic E-state index is 11.7. The molecule has 0 aliphatic heterocycles. The van der Waals surface area contributed by atoms with Crippen molar-refractivity contribution in [2.75, 3.05) is 13.6 Å². The number of nitrogens with zero attached hydrogens (tertiary/aromatic N) is 1. The summed E-state index contributed by atoms with van der Waals surface area (Å²) in [4.78, 5) is 13.5. The van der Waals surface area contributed by atoms with E-state index in [1.54, 1.807) is 4.90 Å². The Morgan fingerprint density at radius 2 is 2.07 bits per heavy atom. The minimum absolute atomic E-state index is 0.0250. The standard InChI is InChI=1S/C11H22N2O/c1-4-13(3)11(14)9(2)12-10-7-5-6-8-10/h9-10,12H,4-8H2,1-3H3. The van der Waals surface area contributed by atoms with Gasteiger partial charge in [-0.05, 0) is 26.7 Å². The van der Waals surface area contributed by atoms with E-state index >= 15 is 0 Å². The summed E-state index contributed by atoms with van der Waals surface area (Å²) in [6, 6.07) is 0.544. The minimum atomic E-state index is -0.0250. The summed E-state index contributed by atoms with van der Waals surface area (Å²) >= 11 is 0. The smallest absolute Gasteiger partial charge is 0.239 e. The third-order valence-corrected chi connectivity index (χ3v) is 3.06. The average molecular weight is 198 g/mol. The van der Waals surface area contributed by atoms with Crippen molar-refractivity contribution in [2.45, 2.75) is 51.6 Å². The van der Waals surface area contributed by atoms with Crippen LogP contribution in [0, 0.1) is 0 Å². The highest BCUT2D eigenvalue weighted by Gasteiger charge is 2.21. The predicted octanol–water partition coefficient (Wildman–Crippen LogP) is 1.39. The first-order chi connectivity index (χ1) is 6.65. The number of nitrogens with one attached hydrogen (secondary N) is 1. The molecule has 0 bridgehead atoms. The fourth-order valence-corrected chi connectivity index (χ4v) is 2.00. The van der Waals surface area contributed by atoms with Gasteiger partial charge in [0.15, 0.2) is 0 Å². The van der Waals surface area contributed by atoms with Gasteiger partial charge in [0.1, 0.15) is 0 Å². The lowest BCUT2D eigenvalue weighted by Crippen LogP contribution is -2.46. The molecule has 1 rings (SSSR count). The second-order valence-corrected chi connectivity index (χ2v) is 4.22. The van der Waals surface area contributed by atoms with Crippen LogP contribution in [0.2, 0.25) is 0 Å². The van der Waals surface area contributed by atoms with Crippen LogP contribution in [0.15, 0.2) is 0 Å². The van der Waals surface area contributed by atoms with Crippen LogP contribution in [-0.2, 0) is 4.79 Å². The van der Waals surface area contributed by atoms with Gasteiger partial charge >= 0.3 is 0 Å². The van der Waals surface area contributed by atoms with E-state index in [2.05, 4.69) is 5.32 Å². The maximum Gasteiger partial charge on any atom is 0.239 e. The monoisotopic (exact) mass is 198 g/mol. The molecular formula is C11H22N2O. The Kier molecular flexibility index (Phi) is 4.39. The van der Waals surface area contributed by atoms with E-state index in [9.17, 15) is 4.79 Å². The summed E-state index contributed by atoms with van der Waals surface area (Å²) in [6.45, 7) is 4.75. The van der Waals surface area contributed by atoms with Gasteiger partial charge in [0, 0.05) is 19.6 Å². The third kappa shape index (κ3) is 2.98. The Balaban J connectivity index is 2.32. The molecule has 3 nitrogen and oxygen atoms in total. The molecule has 0 aromatic carbocycles. The van der Waals surface area contributed by atoms with E-state index in [4.69, 9.17) is 0 Å². The molecule has 0 saturated heterocycles. The second kappa shape index (κ2) is 5.35. The molecule has 1 fully saturated rings. The summed E-state index contributed by atoms with van der Waals surface area (Å²) in [6.07, 6.45) is 5.07. The van der Waals surface area contributed by atoms with E-state index in [1.165, 1.54) is 25.7 Å². The molecule has 82 valence electrons. The Morgan fingerprint density at radius 1 is 1.50 bits per heavy atom. The zero-order valence-corrected chi connectivity index (χ0v) is 9.55. The lowest BCUT2D eigenvalue weighted by molar-refractivity contribution is -0.131. The summed E-state index contributed by atoms with van der Waals surface area (Å²) in [7, 11) is 1.86. The number of likely N-dealkylation sites (N-methyl/N-ethyl adjacent to an activating group) is 1. The molecule has 1 unspecified atom stereocenters. The molecule has 1 saturated carbocycles. The molecule has 0 aromatic rings. The van der Waals surface area contributed by atoms with Gasteiger partial charge in [-0.2, -0.15) is 0 Å². The van der Waals surface area contributed by atoms with Crippen LogP contribution in [0.5, 0.6) is 0 Å². The van der Waals surface area contributed by atoms with Crippen LogP contribution in [0.1, 0.15) is 39.5 Å². The van der Waals surface area contributed by atoms with Gasteiger partial charge in [-0.3, -0.25) is 4.79 Å². The highest BCUT2D eigenvalue weighted by molar-refractivity contribution is 5.81. The van der Waals surface area contributed by atoms with E-state index in [1.807, 2.05) is 20.9 Å². The molecule has 0 aromatic heterocycles. The number of rotatable bonds is 4. The SMILES string of the molecule is CCN(C)C(=O)C(C)NC1CCCC1. The first-order valence-electron chi connectivity index (χ1n) is 5.66. The van der Waals surface area contributed by atoms with Crippen molar-refractivity contribution < 1.29 is 4.79 Å². The molecule has 0 spiro atoms. The summed E-state index contributed by atoms with van der Waals surface area (Å²) in [5.74, 6) is 0.208. The van der Waals surface area contributed by atoms with Crippen LogP contribution in [0.4, 0.5) is 0 Å². The van der Waals surface area contributed by atoms with Gasteiger partial charge in [-0.1, -0.05) is 12.8 Å². The average Bonchev–Trinajstić information content (AvgIpc) is 2.68. The topological polar surface area (TPSA) is 32.3 Å². The summed E-state index contributed by atoms with van der Waals surface area (Å²) in [5, 5.41) is 3.40. The number of carbonyl (C=O) groups is 1. The summed E-state index contributed by atoms with van der Waals surface area (Å²) in [5.41, 5.74) is 0. The molecule has 0 radical (unpaired) electrons. The predicted molar refractivity (Wildman–Crippen MR) is 58.2 cm³/mol. The second-order valence-electron chi connectivity index (χ2n) is 4.22. The lowest BCUT2D eigenvalue weighted by Gasteiger charge is -2.23. The van der Waals surface area contributed by atoms with Crippen molar-refractivity contribution in [3.05, 3.63) is 0 Å². The Labute approximate surface area is 86.9 Å². The molecule has 1 N–H and O–H groups in total. The van der Waals surface area contributed by atoms with Crippen molar-refractivity contribution in [3.63, 3.8) is 0 Å². The zero-order valence-electron chi connectivity index (χ0n) is 9.55. The molecule has 14 heavy (non-hydrogen) atoms. The Hall–Kier alpha value is -0.570. The molecule has 0 heterocycles. The molecular weight excluding hydrogens is 176 g/mol. The van der Waals surface area contributed by atoms with Crippen LogP contribution in [0.25, 0.3) is 0 Å². The van der Waals surface area contributed by atoms with Crippen LogP contribution < -0.4 is 5.32 Å². The fourth-order valence-electron chi connectivity index (χ4n) is 2.00. The number of carbonyl (C=O) groups excluding carboxylic acids is 1. The van der Waals surface area contributed by atoms with Crippen molar-refractivity contribution in [1.82, 2.24) is 10.2 Å². The molecule has 3 heteroatoms. The number of amides is 1. The highest BCUT2D eigenvalue weighted by Crippen LogP contribution is 2.18. The van der Waals surface area contributed by atoms with E-state index in [-0.39, 0.29) is 11.9 Å². The van der Waals surface area contributed by atoms with Gasteiger partial charge in [-0.25, -0.2) is 0 Å². The molecule has 1 aliphatic rings. The first kappa shape index (κ1) is 11.5. The van der Waals surface area contributed by atoms with E-state index in [0.717, 1.165) is 6.54 Å². The molecule has 1 amide bonds. The Morgan fingerprint density at radius 3 is 2.57 bits per heavy atom. The van der Waals surface area contributed by atoms with Crippen LogP contribution >= 0.6 is 0 Å². The molecule has 1 aliphatic carbocycles. The fraction of sp³-hybridized carbons (Fsp3) is 0.909. The normalized spacial score (nSPS) is 19.6. The first-order valence-corrected chi connectivity index (χ1v) is 5.66. The van der Waals surface area contributed by atoms with Crippen molar-refractivity contribution >= 4 is 5.91 Å². The highest BCUT2D eigenvalue weighted by atomic mass is 16.2. The largest absolute Gasteiger partial charge is 0.345 e. The zero-order chi connectivity index (χ0) is 10.6. The van der Waals surface area contributed by atoms with Crippen molar-refractivity contribution in [2.24, 2.45) is 0 Å². The van der Waals surface area contributed by atoms with Gasteiger partial charge in [0.25, 0.3) is 0 Å². The lowest BCUT2D eigenvalue weighted by atomic mass is 10.2. The third-order valence-electron chi connectivity index (χ3n) is 3.06. The molecule has 1 atom stereocenters. The van der Waals surface area contributed by atoms with Crippen LogP contribution in [-0.4, -0.2) is 36.5 Å². The van der Waals surface area contributed by atoms with Gasteiger partial charge < -0.3 is 10.2 Å². The minimum Gasteiger partial charge on any atom is -0.345 e. The van der Waals surface area contributed by atoms with Gasteiger partial charge in [-0.15, -0.1) is 0 Å². The van der Waals surface area contributed by atoms with Crippen LogP contribution in [0.3, 0.4) is 0 Å². The summed E-state index contributed by atoms with van der Waals surface area (Å²) < 4.78 is 0. The van der Waals surface area contributed by atoms with Gasteiger partial charge in [0.05, 0.1) is 6.04 Å². The maximum absolute atomic E-state index is 11.7. The van der Waals surface area contributed by atoms with E-state index in [0.29, 0.717) is 6.04 Å². The Bertz CT molecular complexity index is 188. The van der Waals surface area contributed by atoms with Crippen molar-refractivity contribution in [1.29, 1.82) is 0 Å². The van der Waals surface area contributed by atoms with Gasteiger partial charge in [0.2, 0.25) is 5.91 Å².